The van der Waals surface area contributed by atoms with Gasteiger partial charge >= 0.3 is 0 Å². The van der Waals surface area contributed by atoms with Crippen LogP contribution in [-0.4, -0.2) is 0 Å². The minimum atomic E-state index is -0.506. The normalized spacial score (nSPS) is 12.5. The number of nitrogens with zero attached hydrogens (tertiary/aromatic N) is 1. The number of fused-ring (bicyclic) bond motifs is 6. The van der Waals surface area contributed by atoms with E-state index in [0.717, 1.165) is 17.1 Å². The second-order valence-electron chi connectivity index (χ2n) is 16.8. The van der Waals surface area contributed by atoms with Crippen molar-refractivity contribution >= 4 is 38.6 Å². The molecule has 0 radical (unpaired) electrons. The molecular formula is C63H43N. The molecule has 0 heterocycles. The van der Waals surface area contributed by atoms with Crippen molar-refractivity contribution in [3.63, 3.8) is 0 Å². The maximum Gasteiger partial charge on any atom is 0.0714 e. The van der Waals surface area contributed by atoms with Crippen LogP contribution in [0.25, 0.3) is 66.1 Å². The molecule has 1 nitrogen and oxygen atoms in total. The first-order valence-corrected chi connectivity index (χ1v) is 22.2. The fourth-order valence-corrected chi connectivity index (χ4v) is 10.6. The van der Waals surface area contributed by atoms with Crippen molar-refractivity contribution in [2.75, 3.05) is 4.90 Å². The molecule has 0 aliphatic heterocycles. The Balaban J connectivity index is 1.05. The third-order valence-electron chi connectivity index (χ3n) is 13.4. The Morgan fingerprint density at radius 1 is 0.281 bits per heavy atom. The lowest BCUT2D eigenvalue weighted by Gasteiger charge is -2.34. The predicted octanol–water partition coefficient (Wildman–Crippen LogP) is 16.8. The number of hydrogen-bond acceptors (Lipinski definition) is 1. The zero-order valence-corrected chi connectivity index (χ0v) is 35.3. The highest BCUT2D eigenvalue weighted by Crippen LogP contribution is 2.59. The Morgan fingerprint density at radius 2 is 0.766 bits per heavy atom. The second kappa shape index (κ2) is 15.6. The van der Waals surface area contributed by atoms with Gasteiger partial charge in [-0.2, -0.15) is 0 Å². The quantitative estimate of drug-likeness (QED) is 0.138. The molecule has 11 aromatic rings. The molecule has 0 unspecified atom stereocenters. The van der Waals surface area contributed by atoms with Crippen molar-refractivity contribution in [2.24, 2.45) is 0 Å². The molecule has 0 aromatic heterocycles. The zero-order valence-electron chi connectivity index (χ0n) is 35.3. The number of anilines is 3. The second-order valence-corrected chi connectivity index (χ2v) is 16.8. The van der Waals surface area contributed by atoms with E-state index in [9.17, 15) is 0 Å². The number of hydrogen-bond donors (Lipinski definition) is 0. The molecule has 0 saturated heterocycles. The van der Waals surface area contributed by atoms with E-state index in [0.29, 0.717) is 0 Å². The molecule has 64 heavy (non-hydrogen) atoms. The van der Waals surface area contributed by atoms with E-state index in [1.165, 1.54) is 88.3 Å². The largest absolute Gasteiger partial charge is 0.310 e. The lowest BCUT2D eigenvalue weighted by atomic mass is 9.68. The summed E-state index contributed by atoms with van der Waals surface area (Å²) in [6, 6.07) is 95.8. The van der Waals surface area contributed by atoms with Gasteiger partial charge in [0.1, 0.15) is 0 Å². The summed E-state index contributed by atoms with van der Waals surface area (Å²) in [6.07, 6.45) is 0. The summed E-state index contributed by atoms with van der Waals surface area (Å²) < 4.78 is 0. The molecule has 0 bridgehead atoms. The van der Waals surface area contributed by atoms with Crippen LogP contribution >= 0.6 is 0 Å². The topological polar surface area (TPSA) is 3.24 Å². The standard InChI is InChI=1S/C63H43N/c1-4-19-44(20-5-1)45-35-39-50(40-36-45)64(61-34-18-33-60-62(61)57-31-16-17-32-59(57)63(60,48-22-6-2-7-23-48)49-24-8-3-9-25-49)51-41-37-46(38-42-51)52-26-12-13-29-55(52)58-43-47-21-10-11-27-53(47)54-28-14-15-30-56(54)58/h1-43H. The monoisotopic (exact) mass is 813 g/mol. The van der Waals surface area contributed by atoms with Gasteiger partial charge < -0.3 is 4.90 Å². The van der Waals surface area contributed by atoms with Gasteiger partial charge in [0.25, 0.3) is 0 Å². The predicted molar refractivity (Wildman–Crippen MR) is 270 cm³/mol. The Labute approximate surface area is 374 Å². The van der Waals surface area contributed by atoms with Gasteiger partial charge in [0, 0.05) is 16.9 Å². The SMILES string of the molecule is c1ccc(-c2ccc(N(c3ccc(-c4ccccc4-c4cc5ccccc5c5ccccc45)cc3)c3cccc4c3-c3ccccc3C4(c3ccccc3)c3ccccc3)cc2)cc1. The highest BCUT2D eigenvalue weighted by atomic mass is 15.1. The molecule has 0 atom stereocenters. The van der Waals surface area contributed by atoms with Crippen LogP contribution in [0, 0.1) is 0 Å². The van der Waals surface area contributed by atoms with Crippen molar-refractivity contribution in [1.82, 2.24) is 0 Å². The van der Waals surface area contributed by atoms with Gasteiger partial charge in [0.15, 0.2) is 0 Å². The molecular weight excluding hydrogens is 771 g/mol. The molecule has 12 rings (SSSR count). The van der Waals surface area contributed by atoms with Gasteiger partial charge in [0.2, 0.25) is 0 Å². The molecule has 1 aliphatic carbocycles. The van der Waals surface area contributed by atoms with Gasteiger partial charge in [-0.15, -0.1) is 0 Å². The Kier molecular flexibility index (Phi) is 9.13. The summed E-state index contributed by atoms with van der Waals surface area (Å²) in [5.41, 5.74) is 17.6. The molecule has 11 aromatic carbocycles. The lowest BCUT2D eigenvalue weighted by Crippen LogP contribution is -2.28. The molecule has 1 aliphatic rings. The summed E-state index contributed by atoms with van der Waals surface area (Å²) in [7, 11) is 0. The zero-order chi connectivity index (χ0) is 42.5. The van der Waals surface area contributed by atoms with Crippen LogP contribution < -0.4 is 4.90 Å². The molecule has 0 fully saturated rings. The van der Waals surface area contributed by atoms with Crippen molar-refractivity contribution < 1.29 is 0 Å². The van der Waals surface area contributed by atoms with Crippen molar-refractivity contribution in [1.29, 1.82) is 0 Å². The number of benzene rings is 11. The van der Waals surface area contributed by atoms with E-state index in [2.05, 4.69) is 266 Å². The smallest absolute Gasteiger partial charge is 0.0714 e. The van der Waals surface area contributed by atoms with Crippen LogP contribution in [0.4, 0.5) is 17.1 Å². The average molecular weight is 814 g/mol. The van der Waals surface area contributed by atoms with E-state index < -0.39 is 5.41 Å². The van der Waals surface area contributed by atoms with Crippen molar-refractivity contribution in [3.8, 4) is 44.5 Å². The molecule has 0 spiro atoms. The van der Waals surface area contributed by atoms with E-state index in [1.807, 2.05) is 0 Å². The summed E-state index contributed by atoms with van der Waals surface area (Å²) in [6.45, 7) is 0. The van der Waals surface area contributed by atoms with Crippen LogP contribution in [0.3, 0.4) is 0 Å². The van der Waals surface area contributed by atoms with Crippen LogP contribution in [0.5, 0.6) is 0 Å². The molecule has 300 valence electrons. The maximum atomic E-state index is 2.46. The fraction of sp³-hybridized carbons (Fsp3) is 0.0159. The van der Waals surface area contributed by atoms with Crippen LogP contribution in [0.1, 0.15) is 22.3 Å². The van der Waals surface area contributed by atoms with Gasteiger partial charge in [-0.3, -0.25) is 0 Å². The molecule has 1 heteroatoms. The summed E-state index contributed by atoms with van der Waals surface area (Å²) in [4.78, 5) is 2.46. The van der Waals surface area contributed by atoms with Crippen molar-refractivity contribution in [2.45, 2.75) is 5.41 Å². The first kappa shape index (κ1) is 37.5. The third kappa shape index (κ3) is 6.01. The minimum absolute atomic E-state index is 0.506. The van der Waals surface area contributed by atoms with E-state index in [4.69, 9.17) is 0 Å². The molecule has 0 saturated carbocycles. The Hall–Kier alpha value is -8.26. The minimum Gasteiger partial charge on any atom is -0.310 e. The highest BCUT2D eigenvalue weighted by molar-refractivity contribution is 6.15. The molecule has 0 amide bonds. The Morgan fingerprint density at radius 3 is 1.44 bits per heavy atom. The van der Waals surface area contributed by atoms with E-state index in [-0.39, 0.29) is 0 Å². The maximum absolute atomic E-state index is 2.46. The van der Waals surface area contributed by atoms with E-state index >= 15 is 0 Å². The first-order valence-electron chi connectivity index (χ1n) is 22.2. The van der Waals surface area contributed by atoms with Crippen LogP contribution in [0.15, 0.2) is 261 Å². The lowest BCUT2D eigenvalue weighted by molar-refractivity contribution is 0.768. The van der Waals surface area contributed by atoms with Gasteiger partial charge in [-0.1, -0.05) is 224 Å². The van der Waals surface area contributed by atoms with E-state index in [1.54, 1.807) is 0 Å². The summed E-state index contributed by atoms with van der Waals surface area (Å²) >= 11 is 0. The Bertz CT molecular complexity index is 3420. The fourth-order valence-electron chi connectivity index (χ4n) is 10.6. The summed E-state index contributed by atoms with van der Waals surface area (Å²) in [5.74, 6) is 0. The average Bonchev–Trinajstić information content (AvgIpc) is 3.69. The third-order valence-corrected chi connectivity index (χ3v) is 13.4. The first-order chi connectivity index (χ1) is 31.8. The van der Waals surface area contributed by atoms with Crippen molar-refractivity contribution in [3.05, 3.63) is 283 Å². The van der Waals surface area contributed by atoms with Gasteiger partial charge in [0.05, 0.1) is 11.1 Å². The highest BCUT2D eigenvalue weighted by Gasteiger charge is 2.47. The van der Waals surface area contributed by atoms with Crippen LogP contribution in [0.2, 0.25) is 0 Å². The van der Waals surface area contributed by atoms with Crippen LogP contribution in [-0.2, 0) is 5.41 Å². The summed E-state index contributed by atoms with van der Waals surface area (Å²) in [5, 5.41) is 5.06. The number of rotatable bonds is 8. The molecule has 0 N–H and O–H groups in total. The van der Waals surface area contributed by atoms with Gasteiger partial charge in [-0.05, 0) is 119 Å². The van der Waals surface area contributed by atoms with Gasteiger partial charge in [-0.25, -0.2) is 0 Å².